The van der Waals surface area contributed by atoms with Crippen LogP contribution < -0.4 is 10.6 Å². The summed E-state index contributed by atoms with van der Waals surface area (Å²) in [6.45, 7) is 0. The molecule has 0 saturated heterocycles. The Kier molecular flexibility index (Phi) is 7.48. The average Bonchev–Trinajstić information content (AvgIpc) is 3.35. The number of aromatic nitrogens is 1. The molecule has 0 spiro atoms. The number of para-hydroxylation sites is 1. The van der Waals surface area contributed by atoms with E-state index in [1.54, 1.807) is 42.1 Å². The van der Waals surface area contributed by atoms with E-state index in [1.807, 2.05) is 79.0 Å². The summed E-state index contributed by atoms with van der Waals surface area (Å²) < 4.78 is 0. The van der Waals surface area contributed by atoms with Crippen molar-refractivity contribution in [1.29, 1.82) is 0 Å². The molecule has 0 aliphatic carbocycles. The number of nitrogens with one attached hydrogen (secondary N) is 3. The van der Waals surface area contributed by atoms with Crippen molar-refractivity contribution in [3.63, 3.8) is 0 Å². The Hall–Kier alpha value is -4.55. The lowest BCUT2D eigenvalue weighted by Crippen LogP contribution is -2.30. The quantitative estimate of drug-likeness (QED) is 0.160. The minimum Gasteiger partial charge on any atom is -0.361 e. The molecule has 0 radical (unpaired) electrons. The molecule has 2 amide bonds. The molecule has 0 fully saturated rings. The molecule has 0 unspecified atom stereocenters. The maximum Gasteiger partial charge on any atom is 0.272 e. The van der Waals surface area contributed by atoms with Crippen LogP contribution in [-0.2, 0) is 10.5 Å². The van der Waals surface area contributed by atoms with Gasteiger partial charge in [-0.2, -0.15) is 0 Å². The molecular weight excluding hydrogens is 478 g/mol. The molecule has 0 atom stereocenters. The van der Waals surface area contributed by atoms with Gasteiger partial charge in [0.1, 0.15) is 5.70 Å². The Morgan fingerprint density at radius 2 is 1.54 bits per heavy atom. The van der Waals surface area contributed by atoms with Gasteiger partial charge in [0.2, 0.25) is 0 Å². The molecule has 0 saturated carbocycles. The zero-order chi connectivity index (χ0) is 25.5. The van der Waals surface area contributed by atoms with Crippen LogP contribution in [0.15, 0.2) is 126 Å². The first kappa shape index (κ1) is 24.2. The molecule has 1 heterocycles. The number of carbonyl (C=O) groups excluding carboxylic acids is 2. The normalized spacial score (nSPS) is 11.3. The highest BCUT2D eigenvalue weighted by molar-refractivity contribution is 7.98. The van der Waals surface area contributed by atoms with E-state index in [0.717, 1.165) is 27.1 Å². The lowest BCUT2D eigenvalue weighted by Gasteiger charge is -2.12. The van der Waals surface area contributed by atoms with E-state index in [1.165, 1.54) is 5.56 Å². The number of fused-ring (bicyclic) bond motifs is 1. The Balaban J connectivity index is 1.38. The minimum absolute atomic E-state index is 0.154. The second kappa shape index (κ2) is 11.5. The van der Waals surface area contributed by atoms with Crippen molar-refractivity contribution in [3.05, 3.63) is 138 Å². The minimum atomic E-state index is -0.403. The molecule has 182 valence electrons. The first-order chi connectivity index (χ1) is 18.2. The number of aromatic amines is 1. The zero-order valence-corrected chi connectivity index (χ0v) is 20.8. The highest BCUT2D eigenvalue weighted by Crippen LogP contribution is 2.26. The van der Waals surface area contributed by atoms with Gasteiger partial charge in [-0.25, -0.2) is 0 Å². The first-order valence-corrected chi connectivity index (χ1v) is 12.9. The van der Waals surface area contributed by atoms with E-state index in [0.29, 0.717) is 11.3 Å². The fourth-order valence-electron chi connectivity index (χ4n) is 3.91. The summed E-state index contributed by atoms with van der Waals surface area (Å²) in [5.41, 5.74) is 4.27. The Bertz CT molecular complexity index is 1560. The van der Waals surface area contributed by atoms with Crippen molar-refractivity contribution in [2.24, 2.45) is 0 Å². The van der Waals surface area contributed by atoms with Gasteiger partial charge in [-0.3, -0.25) is 9.59 Å². The van der Waals surface area contributed by atoms with Crippen molar-refractivity contribution in [1.82, 2.24) is 10.3 Å². The fourth-order valence-corrected chi connectivity index (χ4v) is 4.83. The monoisotopic (exact) mass is 503 g/mol. The lowest BCUT2D eigenvalue weighted by molar-refractivity contribution is -0.113. The van der Waals surface area contributed by atoms with Crippen LogP contribution in [0.3, 0.4) is 0 Å². The first-order valence-electron chi connectivity index (χ1n) is 11.9. The van der Waals surface area contributed by atoms with Gasteiger partial charge in [-0.15, -0.1) is 11.8 Å². The van der Waals surface area contributed by atoms with Crippen molar-refractivity contribution in [2.75, 3.05) is 5.32 Å². The van der Waals surface area contributed by atoms with Crippen LogP contribution in [0.25, 0.3) is 17.0 Å². The van der Waals surface area contributed by atoms with Crippen LogP contribution in [0.2, 0.25) is 0 Å². The summed E-state index contributed by atoms with van der Waals surface area (Å²) >= 11 is 1.70. The molecule has 5 aromatic rings. The number of benzene rings is 4. The van der Waals surface area contributed by atoms with Gasteiger partial charge < -0.3 is 15.6 Å². The highest BCUT2D eigenvalue weighted by Gasteiger charge is 2.16. The second-order valence-corrected chi connectivity index (χ2v) is 9.47. The SMILES string of the molecule is O=C(Nc1cccc(SCc2ccccc2)c1)/C(=C\c1c[nH]c2ccccc12)NC(=O)c1ccccc1. The van der Waals surface area contributed by atoms with Gasteiger partial charge in [0.15, 0.2) is 0 Å². The summed E-state index contributed by atoms with van der Waals surface area (Å²) in [6.07, 6.45) is 3.52. The predicted octanol–water partition coefficient (Wildman–Crippen LogP) is 6.87. The molecule has 0 aliphatic heterocycles. The number of H-pyrrole nitrogens is 1. The topological polar surface area (TPSA) is 74.0 Å². The zero-order valence-electron chi connectivity index (χ0n) is 20.0. The predicted molar refractivity (Wildman–Crippen MR) is 151 cm³/mol. The van der Waals surface area contributed by atoms with E-state index in [-0.39, 0.29) is 11.6 Å². The van der Waals surface area contributed by atoms with Gasteiger partial charge >= 0.3 is 0 Å². The van der Waals surface area contributed by atoms with Gasteiger partial charge in [0, 0.05) is 44.6 Å². The number of thioether (sulfide) groups is 1. The number of anilines is 1. The van der Waals surface area contributed by atoms with Gasteiger partial charge in [0.25, 0.3) is 11.8 Å². The largest absolute Gasteiger partial charge is 0.361 e. The van der Waals surface area contributed by atoms with Crippen LogP contribution in [0, 0.1) is 0 Å². The summed E-state index contributed by atoms with van der Waals surface area (Å²) in [5.74, 6) is 0.0747. The summed E-state index contributed by atoms with van der Waals surface area (Å²) in [5, 5.41) is 6.72. The standard InChI is InChI=1S/C31H25N3O2S/c35-30(23-12-5-2-6-13-23)34-29(18-24-20-32-28-17-8-7-16-27(24)28)31(36)33-25-14-9-15-26(19-25)37-21-22-10-3-1-4-11-22/h1-20,32H,21H2,(H,33,36)(H,34,35)/b29-18+. The summed E-state index contributed by atoms with van der Waals surface area (Å²) in [6, 6.07) is 34.6. The van der Waals surface area contributed by atoms with Gasteiger partial charge in [-0.05, 0) is 48.0 Å². The van der Waals surface area contributed by atoms with E-state index < -0.39 is 5.91 Å². The lowest BCUT2D eigenvalue weighted by atomic mass is 10.1. The average molecular weight is 504 g/mol. The third-order valence-corrected chi connectivity index (χ3v) is 6.86. The molecular formula is C31H25N3O2S. The third-order valence-electron chi connectivity index (χ3n) is 5.79. The van der Waals surface area contributed by atoms with Crippen LogP contribution in [-0.4, -0.2) is 16.8 Å². The number of amides is 2. The number of rotatable bonds is 8. The number of hydrogen-bond acceptors (Lipinski definition) is 3. The smallest absolute Gasteiger partial charge is 0.272 e. The summed E-state index contributed by atoms with van der Waals surface area (Å²) in [4.78, 5) is 30.6. The molecule has 4 aromatic carbocycles. The Morgan fingerprint density at radius 1 is 0.811 bits per heavy atom. The van der Waals surface area contributed by atoms with E-state index in [4.69, 9.17) is 0 Å². The van der Waals surface area contributed by atoms with Crippen molar-refractivity contribution in [3.8, 4) is 0 Å². The van der Waals surface area contributed by atoms with Crippen LogP contribution in [0.5, 0.6) is 0 Å². The molecule has 6 heteroatoms. The second-order valence-electron chi connectivity index (χ2n) is 8.42. The highest BCUT2D eigenvalue weighted by atomic mass is 32.2. The molecule has 3 N–H and O–H groups in total. The Labute approximate surface area is 219 Å². The number of hydrogen-bond donors (Lipinski definition) is 3. The molecule has 5 nitrogen and oxygen atoms in total. The third kappa shape index (κ3) is 6.18. The Morgan fingerprint density at radius 3 is 2.35 bits per heavy atom. The van der Waals surface area contributed by atoms with Gasteiger partial charge in [0.05, 0.1) is 0 Å². The van der Waals surface area contributed by atoms with Gasteiger partial charge in [-0.1, -0.05) is 72.8 Å². The molecule has 0 aliphatic rings. The van der Waals surface area contributed by atoms with E-state index in [9.17, 15) is 9.59 Å². The van der Waals surface area contributed by atoms with Crippen LogP contribution in [0.4, 0.5) is 5.69 Å². The van der Waals surface area contributed by atoms with E-state index >= 15 is 0 Å². The van der Waals surface area contributed by atoms with Crippen molar-refractivity contribution in [2.45, 2.75) is 10.6 Å². The van der Waals surface area contributed by atoms with E-state index in [2.05, 4.69) is 27.8 Å². The van der Waals surface area contributed by atoms with Crippen molar-refractivity contribution >= 4 is 46.2 Å². The molecule has 1 aromatic heterocycles. The summed E-state index contributed by atoms with van der Waals surface area (Å²) in [7, 11) is 0. The van der Waals surface area contributed by atoms with Crippen LogP contribution >= 0.6 is 11.8 Å². The maximum atomic E-state index is 13.4. The molecule has 5 rings (SSSR count). The number of carbonyl (C=O) groups is 2. The molecule has 0 bridgehead atoms. The molecule has 37 heavy (non-hydrogen) atoms. The van der Waals surface area contributed by atoms with Crippen LogP contribution in [0.1, 0.15) is 21.5 Å². The maximum absolute atomic E-state index is 13.4. The fraction of sp³-hybridized carbons (Fsp3) is 0.0323. The van der Waals surface area contributed by atoms with Crippen molar-refractivity contribution < 1.29 is 9.59 Å².